The summed E-state index contributed by atoms with van der Waals surface area (Å²) >= 11 is 0. The van der Waals surface area contributed by atoms with Gasteiger partial charge in [0.25, 0.3) is 0 Å². The number of benzene rings is 6. The first-order chi connectivity index (χ1) is 22.3. The van der Waals surface area contributed by atoms with Gasteiger partial charge >= 0.3 is 0 Å². The largest absolute Gasteiger partial charge is 0.464 e. The first-order valence-corrected chi connectivity index (χ1v) is 15.7. The molecule has 1 nitrogen and oxygen atoms in total. The minimum absolute atomic E-state index is 0.0679. The van der Waals surface area contributed by atoms with Crippen LogP contribution in [0.4, 0.5) is 0 Å². The first kappa shape index (κ1) is 25.8. The second-order valence-electron chi connectivity index (χ2n) is 12.0. The Morgan fingerprint density at radius 1 is 0.489 bits per heavy atom. The highest BCUT2D eigenvalue weighted by Crippen LogP contribution is 2.48. The van der Waals surface area contributed by atoms with E-state index in [1.165, 1.54) is 66.1 Å². The van der Waals surface area contributed by atoms with Gasteiger partial charge in [-0.15, -0.1) is 0 Å². The van der Waals surface area contributed by atoms with E-state index in [1.54, 1.807) is 0 Å². The number of fused-ring (bicyclic) bond motifs is 5. The second kappa shape index (κ2) is 10.5. The van der Waals surface area contributed by atoms with Crippen molar-refractivity contribution >= 4 is 33.2 Å². The van der Waals surface area contributed by atoms with Gasteiger partial charge in [0.15, 0.2) is 0 Å². The van der Waals surface area contributed by atoms with Crippen molar-refractivity contribution in [3.05, 3.63) is 192 Å². The van der Waals surface area contributed by atoms with Crippen molar-refractivity contribution in [3.8, 4) is 22.3 Å². The molecule has 6 aromatic rings. The first-order valence-electron chi connectivity index (χ1n) is 15.7. The van der Waals surface area contributed by atoms with E-state index >= 15 is 0 Å². The molecule has 0 aromatic heterocycles. The van der Waals surface area contributed by atoms with E-state index < -0.39 is 0 Å². The Bertz CT molecular complexity index is 2230. The maximum Gasteiger partial charge on any atom is 0.123 e. The van der Waals surface area contributed by atoms with Crippen molar-refractivity contribution in [2.75, 3.05) is 0 Å². The summed E-state index contributed by atoms with van der Waals surface area (Å²) in [6.45, 7) is 0. The van der Waals surface area contributed by atoms with Gasteiger partial charge in [0, 0.05) is 23.1 Å². The molecule has 6 aromatic carbocycles. The molecule has 0 saturated heterocycles. The van der Waals surface area contributed by atoms with Crippen LogP contribution < -0.4 is 0 Å². The predicted molar refractivity (Wildman–Crippen MR) is 188 cm³/mol. The number of hydrogen-bond donors (Lipinski definition) is 0. The molecule has 0 saturated carbocycles. The summed E-state index contributed by atoms with van der Waals surface area (Å²) in [5.41, 5.74) is 11.1. The molecular formula is C44H30O. The molecule has 1 unspecified atom stereocenters. The zero-order chi connectivity index (χ0) is 29.7. The topological polar surface area (TPSA) is 9.23 Å². The highest BCUT2D eigenvalue weighted by atomic mass is 16.5. The molecule has 45 heavy (non-hydrogen) atoms. The molecule has 0 bridgehead atoms. The second-order valence-corrected chi connectivity index (χ2v) is 12.0. The number of hydrogen-bond acceptors (Lipinski definition) is 1. The Kier molecular flexibility index (Phi) is 6.02. The third kappa shape index (κ3) is 4.24. The normalized spacial score (nSPS) is 16.8. The van der Waals surface area contributed by atoms with Crippen LogP contribution in [-0.2, 0) is 11.2 Å². The van der Waals surface area contributed by atoms with E-state index in [4.69, 9.17) is 4.74 Å². The standard InChI is InChI=1S/C44H30O/c1-2-12-29(13-3-1)31-22-24-32(25-23-31)42-35-16-6-8-18-37(35)43(38-19-9-7-17-36(38)42)40-21-11-10-20-39-34-27-26-30-14-4-5-15-33(30)28-41(34)45-44(39)40/h1-27,39H,28H2. The summed E-state index contributed by atoms with van der Waals surface area (Å²) in [6.07, 6.45) is 14.2. The lowest BCUT2D eigenvalue weighted by Gasteiger charge is -2.20. The van der Waals surface area contributed by atoms with Gasteiger partial charge in [0.05, 0.1) is 5.92 Å². The molecule has 212 valence electrons. The van der Waals surface area contributed by atoms with Crippen molar-refractivity contribution in [3.63, 3.8) is 0 Å². The lowest BCUT2D eigenvalue weighted by atomic mass is 9.84. The van der Waals surface area contributed by atoms with Gasteiger partial charge in [-0.1, -0.05) is 164 Å². The number of rotatable bonds is 3. The zero-order valence-electron chi connectivity index (χ0n) is 24.8. The van der Waals surface area contributed by atoms with E-state index in [-0.39, 0.29) is 5.92 Å². The van der Waals surface area contributed by atoms with Gasteiger partial charge in [0.1, 0.15) is 11.5 Å². The molecule has 1 heterocycles. The van der Waals surface area contributed by atoms with Crippen LogP contribution in [0, 0.1) is 5.92 Å². The molecule has 1 atom stereocenters. The molecule has 0 amide bonds. The molecule has 1 heteroatoms. The van der Waals surface area contributed by atoms with Crippen LogP contribution in [0.1, 0.15) is 16.7 Å². The molecule has 3 aliphatic rings. The fraction of sp³-hybridized carbons (Fsp3) is 0.0455. The molecule has 0 N–H and O–H groups in total. The van der Waals surface area contributed by atoms with Crippen LogP contribution in [0.2, 0.25) is 0 Å². The van der Waals surface area contributed by atoms with Crippen molar-refractivity contribution in [1.82, 2.24) is 0 Å². The smallest absolute Gasteiger partial charge is 0.123 e. The SMILES string of the molecule is C1=CC(c2c3ccccc3c(-c3ccc(-c4ccccc4)cc3)c3ccccc23)=C2OC3=C(C=Cc4ccccc4C3)C2C=C1. The van der Waals surface area contributed by atoms with Crippen molar-refractivity contribution in [2.45, 2.75) is 6.42 Å². The summed E-state index contributed by atoms with van der Waals surface area (Å²) in [7, 11) is 0. The Morgan fingerprint density at radius 2 is 1.09 bits per heavy atom. The summed E-state index contributed by atoms with van der Waals surface area (Å²) < 4.78 is 6.93. The van der Waals surface area contributed by atoms with E-state index in [9.17, 15) is 0 Å². The quantitative estimate of drug-likeness (QED) is 0.191. The highest BCUT2D eigenvalue weighted by molar-refractivity contribution is 6.19. The molecule has 0 radical (unpaired) electrons. The maximum absolute atomic E-state index is 6.93. The van der Waals surface area contributed by atoms with Crippen molar-refractivity contribution in [1.29, 1.82) is 0 Å². The molecule has 0 fully saturated rings. The summed E-state index contributed by atoms with van der Waals surface area (Å²) in [4.78, 5) is 0. The summed E-state index contributed by atoms with van der Waals surface area (Å²) in [5, 5.41) is 4.96. The fourth-order valence-corrected chi connectivity index (χ4v) is 7.33. The molecule has 9 rings (SSSR count). The lowest BCUT2D eigenvalue weighted by molar-refractivity contribution is 0.308. The highest BCUT2D eigenvalue weighted by Gasteiger charge is 2.34. The zero-order valence-corrected chi connectivity index (χ0v) is 24.8. The molecule has 2 aliphatic carbocycles. The van der Waals surface area contributed by atoms with Gasteiger partial charge in [-0.2, -0.15) is 0 Å². The minimum Gasteiger partial charge on any atom is -0.464 e. The fourth-order valence-electron chi connectivity index (χ4n) is 7.33. The summed E-state index contributed by atoms with van der Waals surface area (Å²) in [5.74, 6) is 2.14. The van der Waals surface area contributed by atoms with Gasteiger partial charge in [0.2, 0.25) is 0 Å². The third-order valence-corrected chi connectivity index (χ3v) is 9.45. The number of allylic oxidation sites excluding steroid dienone is 7. The van der Waals surface area contributed by atoms with Crippen LogP contribution in [0.5, 0.6) is 0 Å². The molecule has 1 aliphatic heterocycles. The van der Waals surface area contributed by atoms with Crippen molar-refractivity contribution in [2.24, 2.45) is 5.92 Å². The van der Waals surface area contributed by atoms with E-state index in [0.717, 1.165) is 23.5 Å². The number of ether oxygens (including phenoxy) is 1. The van der Waals surface area contributed by atoms with Crippen LogP contribution in [0.25, 0.3) is 55.4 Å². The van der Waals surface area contributed by atoms with E-state index in [2.05, 4.69) is 164 Å². The van der Waals surface area contributed by atoms with Gasteiger partial charge < -0.3 is 4.74 Å². The van der Waals surface area contributed by atoms with Crippen LogP contribution >= 0.6 is 0 Å². The third-order valence-electron chi connectivity index (χ3n) is 9.45. The average Bonchev–Trinajstić information content (AvgIpc) is 3.21. The van der Waals surface area contributed by atoms with Gasteiger partial charge in [-0.25, -0.2) is 0 Å². The Labute approximate surface area is 263 Å². The monoisotopic (exact) mass is 574 g/mol. The van der Waals surface area contributed by atoms with E-state index in [1.807, 2.05) is 0 Å². The lowest BCUT2D eigenvalue weighted by Crippen LogP contribution is -2.02. The molecular weight excluding hydrogens is 544 g/mol. The maximum atomic E-state index is 6.93. The predicted octanol–water partition coefficient (Wildman–Crippen LogP) is 11.3. The van der Waals surface area contributed by atoms with Crippen LogP contribution in [0.3, 0.4) is 0 Å². The molecule has 0 spiro atoms. The Hall–Kier alpha value is -5.66. The van der Waals surface area contributed by atoms with Crippen LogP contribution in [0.15, 0.2) is 175 Å². The average molecular weight is 575 g/mol. The van der Waals surface area contributed by atoms with Crippen LogP contribution in [-0.4, -0.2) is 0 Å². The van der Waals surface area contributed by atoms with Gasteiger partial charge in [-0.05, 0) is 54.9 Å². The van der Waals surface area contributed by atoms with Crippen molar-refractivity contribution < 1.29 is 4.74 Å². The Morgan fingerprint density at radius 3 is 1.82 bits per heavy atom. The summed E-state index contributed by atoms with van der Waals surface area (Å²) in [6, 6.07) is 46.0. The van der Waals surface area contributed by atoms with E-state index in [0.29, 0.717) is 0 Å². The Balaban J connectivity index is 1.25. The van der Waals surface area contributed by atoms with Gasteiger partial charge in [-0.3, -0.25) is 0 Å². The minimum atomic E-state index is 0.0679.